The van der Waals surface area contributed by atoms with E-state index in [2.05, 4.69) is 5.32 Å². The third kappa shape index (κ3) is 2.74. The van der Waals surface area contributed by atoms with Gasteiger partial charge < -0.3 is 16.2 Å². The van der Waals surface area contributed by atoms with Crippen molar-refractivity contribution in [2.24, 2.45) is 0 Å². The van der Waals surface area contributed by atoms with Gasteiger partial charge in [0.2, 0.25) is 0 Å². The number of nitrogen functional groups attached to an aromatic ring is 1. The van der Waals surface area contributed by atoms with Gasteiger partial charge >= 0.3 is 5.97 Å². The Labute approximate surface area is 113 Å². The summed E-state index contributed by atoms with van der Waals surface area (Å²) in [5.74, 6) is -1.46. The van der Waals surface area contributed by atoms with Crippen LogP contribution in [-0.4, -0.2) is 17.0 Å². The molecule has 4 N–H and O–H groups in total. The van der Waals surface area contributed by atoms with Crippen LogP contribution in [0, 0.1) is 6.92 Å². The first kappa shape index (κ1) is 13.1. The lowest BCUT2D eigenvalue weighted by Gasteiger charge is -2.09. The van der Waals surface area contributed by atoms with Crippen LogP contribution in [-0.2, 0) is 0 Å². The number of nitrogens with two attached hydrogens (primary N) is 1. The first-order valence-corrected chi connectivity index (χ1v) is 6.40. The Balaban J connectivity index is 2.32. The summed E-state index contributed by atoms with van der Waals surface area (Å²) < 4.78 is 0. The second kappa shape index (κ2) is 5.11. The summed E-state index contributed by atoms with van der Waals surface area (Å²) in [6.07, 6.45) is 0. The third-order valence-corrected chi connectivity index (χ3v) is 3.48. The number of carboxylic acids is 1. The van der Waals surface area contributed by atoms with E-state index in [4.69, 9.17) is 10.8 Å². The molecule has 0 saturated carbocycles. The summed E-state index contributed by atoms with van der Waals surface area (Å²) in [5, 5.41) is 15.3. The summed E-state index contributed by atoms with van der Waals surface area (Å²) in [4.78, 5) is 23.1. The van der Waals surface area contributed by atoms with Crippen LogP contribution in [0.1, 0.15) is 26.3 Å². The average molecular weight is 276 g/mol. The van der Waals surface area contributed by atoms with Crippen molar-refractivity contribution in [3.8, 4) is 0 Å². The number of thiophene rings is 1. The normalized spacial score (nSPS) is 10.2. The van der Waals surface area contributed by atoms with Crippen molar-refractivity contribution in [3.05, 3.63) is 45.6 Å². The minimum atomic E-state index is -1.13. The van der Waals surface area contributed by atoms with E-state index in [9.17, 15) is 9.59 Å². The standard InChI is InChI=1S/C13H12N2O3S/c1-7-5-19-6-10(7)12(16)15-11-3-2-8(14)4-9(11)13(17)18/h2-6H,14H2,1H3,(H,15,16)(H,17,18). The summed E-state index contributed by atoms with van der Waals surface area (Å²) in [5.41, 5.74) is 7.48. The summed E-state index contributed by atoms with van der Waals surface area (Å²) >= 11 is 1.42. The van der Waals surface area contributed by atoms with Gasteiger partial charge in [0.25, 0.3) is 5.91 Å². The number of anilines is 2. The number of hydrogen-bond acceptors (Lipinski definition) is 4. The minimum absolute atomic E-state index is 0.0266. The van der Waals surface area contributed by atoms with E-state index in [0.717, 1.165) is 5.56 Å². The van der Waals surface area contributed by atoms with Gasteiger partial charge in [-0.15, -0.1) is 0 Å². The summed E-state index contributed by atoms with van der Waals surface area (Å²) in [6, 6.07) is 4.35. The molecule has 1 aromatic carbocycles. The van der Waals surface area contributed by atoms with E-state index < -0.39 is 5.97 Å². The molecule has 0 saturated heterocycles. The van der Waals surface area contributed by atoms with Crippen molar-refractivity contribution in [1.29, 1.82) is 0 Å². The molecule has 0 radical (unpaired) electrons. The number of rotatable bonds is 3. The predicted molar refractivity (Wildman–Crippen MR) is 74.8 cm³/mol. The Morgan fingerprint density at radius 3 is 2.58 bits per heavy atom. The fourth-order valence-corrected chi connectivity index (χ4v) is 2.46. The Kier molecular flexibility index (Phi) is 3.52. The topological polar surface area (TPSA) is 92.4 Å². The quantitative estimate of drug-likeness (QED) is 0.751. The molecule has 1 amide bonds. The van der Waals surface area contributed by atoms with Crippen LogP contribution in [0.25, 0.3) is 0 Å². The molecular formula is C13H12N2O3S. The molecule has 19 heavy (non-hydrogen) atoms. The Morgan fingerprint density at radius 2 is 2.00 bits per heavy atom. The van der Waals surface area contributed by atoms with Gasteiger partial charge in [0.15, 0.2) is 0 Å². The largest absolute Gasteiger partial charge is 0.478 e. The lowest BCUT2D eigenvalue weighted by Crippen LogP contribution is -2.15. The van der Waals surface area contributed by atoms with Crippen LogP contribution in [0.15, 0.2) is 29.0 Å². The first-order chi connectivity index (χ1) is 8.99. The Morgan fingerprint density at radius 1 is 1.26 bits per heavy atom. The molecule has 0 atom stereocenters. The highest BCUT2D eigenvalue weighted by molar-refractivity contribution is 7.08. The summed E-state index contributed by atoms with van der Waals surface area (Å²) in [6.45, 7) is 1.83. The number of carbonyl (C=O) groups excluding carboxylic acids is 1. The van der Waals surface area contributed by atoms with E-state index in [0.29, 0.717) is 11.3 Å². The zero-order chi connectivity index (χ0) is 14.0. The van der Waals surface area contributed by atoms with E-state index in [-0.39, 0.29) is 17.2 Å². The first-order valence-electron chi connectivity index (χ1n) is 5.46. The lowest BCUT2D eigenvalue weighted by molar-refractivity contribution is 0.0698. The van der Waals surface area contributed by atoms with Crippen molar-refractivity contribution in [1.82, 2.24) is 0 Å². The molecule has 0 spiro atoms. The third-order valence-electron chi connectivity index (χ3n) is 2.62. The monoisotopic (exact) mass is 276 g/mol. The van der Waals surface area contributed by atoms with Gasteiger partial charge in [0, 0.05) is 11.1 Å². The van der Waals surface area contributed by atoms with Gasteiger partial charge in [-0.2, -0.15) is 11.3 Å². The van der Waals surface area contributed by atoms with Crippen molar-refractivity contribution < 1.29 is 14.7 Å². The maximum absolute atomic E-state index is 12.0. The van der Waals surface area contributed by atoms with Crippen molar-refractivity contribution in [2.75, 3.05) is 11.1 Å². The van der Waals surface area contributed by atoms with Gasteiger partial charge in [0.1, 0.15) is 0 Å². The van der Waals surface area contributed by atoms with E-state index >= 15 is 0 Å². The molecule has 6 heteroatoms. The Hall–Kier alpha value is -2.34. The molecule has 5 nitrogen and oxygen atoms in total. The predicted octanol–water partition coefficient (Wildman–Crippen LogP) is 2.59. The highest BCUT2D eigenvalue weighted by Gasteiger charge is 2.15. The molecule has 98 valence electrons. The molecule has 0 unspecified atom stereocenters. The van der Waals surface area contributed by atoms with Gasteiger partial charge in [-0.1, -0.05) is 0 Å². The second-order valence-electron chi connectivity index (χ2n) is 4.03. The van der Waals surface area contributed by atoms with E-state index in [1.165, 1.54) is 23.5 Å². The zero-order valence-electron chi connectivity index (χ0n) is 10.1. The van der Waals surface area contributed by atoms with Gasteiger partial charge in [-0.25, -0.2) is 4.79 Å². The Bertz CT molecular complexity index is 649. The van der Waals surface area contributed by atoms with Crippen LogP contribution in [0.3, 0.4) is 0 Å². The molecule has 2 rings (SSSR count). The van der Waals surface area contributed by atoms with Crippen LogP contribution in [0.2, 0.25) is 0 Å². The minimum Gasteiger partial charge on any atom is -0.478 e. The van der Waals surface area contributed by atoms with Crippen molar-refractivity contribution >= 4 is 34.6 Å². The number of aromatic carboxylic acids is 1. The molecule has 0 bridgehead atoms. The summed E-state index contributed by atoms with van der Waals surface area (Å²) in [7, 11) is 0. The SMILES string of the molecule is Cc1cscc1C(=O)Nc1ccc(N)cc1C(=O)O. The van der Waals surface area contributed by atoms with Crippen LogP contribution >= 0.6 is 11.3 Å². The average Bonchev–Trinajstić information content (AvgIpc) is 2.77. The molecule has 0 aliphatic rings. The van der Waals surface area contributed by atoms with Crippen LogP contribution < -0.4 is 11.1 Å². The van der Waals surface area contributed by atoms with Crippen LogP contribution in [0.5, 0.6) is 0 Å². The molecule has 0 aliphatic heterocycles. The second-order valence-corrected chi connectivity index (χ2v) is 4.78. The maximum atomic E-state index is 12.0. The highest BCUT2D eigenvalue weighted by atomic mass is 32.1. The van der Waals surface area contributed by atoms with Gasteiger partial charge in [-0.05, 0) is 36.1 Å². The van der Waals surface area contributed by atoms with E-state index in [1.54, 1.807) is 11.4 Å². The van der Waals surface area contributed by atoms with Crippen molar-refractivity contribution in [3.63, 3.8) is 0 Å². The molecular weight excluding hydrogens is 264 g/mol. The van der Waals surface area contributed by atoms with Gasteiger partial charge in [0.05, 0.1) is 16.8 Å². The fourth-order valence-electron chi connectivity index (χ4n) is 1.63. The molecule has 1 heterocycles. The number of carbonyl (C=O) groups is 2. The number of carboxylic acid groups (broad SMARTS) is 1. The number of benzene rings is 1. The fraction of sp³-hybridized carbons (Fsp3) is 0.0769. The highest BCUT2D eigenvalue weighted by Crippen LogP contribution is 2.21. The van der Waals surface area contributed by atoms with Crippen molar-refractivity contribution in [2.45, 2.75) is 6.92 Å². The molecule has 0 aliphatic carbocycles. The molecule has 2 aromatic rings. The van der Waals surface area contributed by atoms with E-state index in [1.807, 2.05) is 12.3 Å². The maximum Gasteiger partial charge on any atom is 0.337 e. The number of hydrogen-bond donors (Lipinski definition) is 3. The van der Waals surface area contributed by atoms with Crippen LogP contribution in [0.4, 0.5) is 11.4 Å². The molecule has 0 fully saturated rings. The molecule has 1 aromatic heterocycles. The lowest BCUT2D eigenvalue weighted by atomic mass is 10.1. The number of amides is 1. The zero-order valence-corrected chi connectivity index (χ0v) is 11.0. The smallest absolute Gasteiger partial charge is 0.337 e. The number of aryl methyl sites for hydroxylation is 1. The number of nitrogens with one attached hydrogen (secondary N) is 1. The van der Waals surface area contributed by atoms with Gasteiger partial charge in [-0.3, -0.25) is 4.79 Å².